The summed E-state index contributed by atoms with van der Waals surface area (Å²) in [6.45, 7) is 8.97. The van der Waals surface area contributed by atoms with Crippen molar-refractivity contribution in [2.75, 3.05) is 7.05 Å². The van der Waals surface area contributed by atoms with E-state index in [0.29, 0.717) is 0 Å². The number of hydrogen-bond acceptors (Lipinski definition) is 2. The third-order valence-electron chi connectivity index (χ3n) is 2.86. The van der Waals surface area contributed by atoms with Crippen LogP contribution in [-0.4, -0.2) is 22.3 Å². The van der Waals surface area contributed by atoms with E-state index in [1.807, 2.05) is 13.3 Å². The molecule has 0 bridgehead atoms. The minimum absolute atomic E-state index is 0.936. The highest BCUT2D eigenvalue weighted by Crippen LogP contribution is 2.17. The van der Waals surface area contributed by atoms with Crippen LogP contribution in [0.1, 0.15) is 19.4 Å². The van der Waals surface area contributed by atoms with Crippen molar-refractivity contribution in [2.24, 2.45) is 4.99 Å². The molecule has 0 aliphatic heterocycles. The summed E-state index contributed by atoms with van der Waals surface area (Å²) in [5.41, 5.74) is 5.16. The van der Waals surface area contributed by atoms with Gasteiger partial charge in [-0.2, -0.15) is 0 Å². The average molecular weight is 227 g/mol. The molecule has 0 N–H and O–H groups in total. The molecule has 1 aromatic carbocycles. The molecule has 0 aliphatic rings. The van der Waals surface area contributed by atoms with E-state index in [-0.39, 0.29) is 0 Å². The van der Waals surface area contributed by atoms with E-state index in [1.165, 1.54) is 0 Å². The number of aliphatic imine (C=N–C) groups is 1. The molecule has 0 aliphatic carbocycles. The summed E-state index contributed by atoms with van der Waals surface area (Å²) in [6.07, 6.45) is 1.87. The summed E-state index contributed by atoms with van der Waals surface area (Å²) >= 11 is 0. The van der Waals surface area contributed by atoms with Crippen LogP contribution in [0.4, 0.5) is 0 Å². The van der Waals surface area contributed by atoms with E-state index in [1.54, 1.807) is 7.05 Å². The summed E-state index contributed by atoms with van der Waals surface area (Å²) in [5.74, 6) is 0. The first kappa shape index (κ1) is 11.6. The standard InChI is InChI=1S/C14H17N3/c1-5-17-9-16-12-8-11(6-7-13(12)17)14(15-4)10(2)3/h6-9H,2,5H2,1,3-4H3. The van der Waals surface area contributed by atoms with Crippen molar-refractivity contribution in [3.63, 3.8) is 0 Å². The van der Waals surface area contributed by atoms with Crippen LogP contribution in [0.3, 0.4) is 0 Å². The van der Waals surface area contributed by atoms with Crippen molar-refractivity contribution < 1.29 is 0 Å². The Morgan fingerprint density at radius 3 is 2.82 bits per heavy atom. The molecule has 0 unspecified atom stereocenters. The van der Waals surface area contributed by atoms with E-state index >= 15 is 0 Å². The van der Waals surface area contributed by atoms with Crippen LogP contribution in [0, 0.1) is 0 Å². The summed E-state index contributed by atoms with van der Waals surface area (Å²) < 4.78 is 2.13. The van der Waals surface area contributed by atoms with E-state index in [2.05, 4.69) is 46.2 Å². The van der Waals surface area contributed by atoms with Crippen LogP contribution in [0.5, 0.6) is 0 Å². The van der Waals surface area contributed by atoms with Crippen molar-refractivity contribution in [3.05, 3.63) is 42.2 Å². The second-order valence-corrected chi connectivity index (χ2v) is 4.09. The Kier molecular flexibility index (Phi) is 3.09. The Morgan fingerprint density at radius 1 is 1.47 bits per heavy atom. The average Bonchev–Trinajstić information content (AvgIpc) is 2.71. The normalized spacial score (nSPS) is 12.1. The van der Waals surface area contributed by atoms with Gasteiger partial charge in [0.2, 0.25) is 0 Å². The number of imidazole rings is 1. The molecule has 88 valence electrons. The smallest absolute Gasteiger partial charge is 0.0958 e. The molecule has 2 rings (SSSR count). The third kappa shape index (κ3) is 2.00. The van der Waals surface area contributed by atoms with E-state index in [9.17, 15) is 0 Å². The van der Waals surface area contributed by atoms with Crippen LogP contribution in [-0.2, 0) is 6.54 Å². The lowest BCUT2D eigenvalue weighted by molar-refractivity contribution is 0.787. The van der Waals surface area contributed by atoms with Crippen molar-refractivity contribution in [3.8, 4) is 0 Å². The number of allylic oxidation sites excluding steroid dienone is 1. The molecule has 0 amide bonds. The minimum Gasteiger partial charge on any atom is -0.331 e. The van der Waals surface area contributed by atoms with Gasteiger partial charge in [0.05, 0.1) is 23.1 Å². The molecule has 2 aromatic rings. The lowest BCUT2D eigenvalue weighted by Crippen LogP contribution is -2.01. The maximum absolute atomic E-state index is 4.40. The Balaban J connectivity index is 2.56. The zero-order valence-corrected chi connectivity index (χ0v) is 10.6. The highest BCUT2D eigenvalue weighted by Gasteiger charge is 2.07. The number of benzene rings is 1. The highest BCUT2D eigenvalue weighted by molar-refractivity contribution is 6.13. The largest absolute Gasteiger partial charge is 0.331 e. The monoisotopic (exact) mass is 227 g/mol. The van der Waals surface area contributed by atoms with Gasteiger partial charge in [0.1, 0.15) is 0 Å². The molecule has 0 atom stereocenters. The van der Waals surface area contributed by atoms with Crippen LogP contribution in [0.15, 0.2) is 41.7 Å². The van der Waals surface area contributed by atoms with E-state index < -0.39 is 0 Å². The lowest BCUT2D eigenvalue weighted by atomic mass is 10.0. The second kappa shape index (κ2) is 4.53. The fourth-order valence-corrected chi connectivity index (χ4v) is 2.03. The first-order valence-corrected chi connectivity index (χ1v) is 5.75. The summed E-state index contributed by atoms with van der Waals surface area (Å²) in [6, 6.07) is 6.24. The first-order valence-electron chi connectivity index (χ1n) is 5.75. The number of fused-ring (bicyclic) bond motifs is 1. The number of nitrogens with zero attached hydrogens (tertiary/aromatic N) is 3. The van der Waals surface area contributed by atoms with Gasteiger partial charge in [-0.05, 0) is 31.6 Å². The number of aryl methyl sites for hydroxylation is 1. The van der Waals surface area contributed by atoms with Gasteiger partial charge in [0.25, 0.3) is 0 Å². The highest BCUT2D eigenvalue weighted by atomic mass is 15.0. The lowest BCUT2D eigenvalue weighted by Gasteiger charge is -2.05. The van der Waals surface area contributed by atoms with Crippen LogP contribution in [0.25, 0.3) is 11.0 Å². The van der Waals surface area contributed by atoms with Crippen LogP contribution >= 0.6 is 0 Å². The van der Waals surface area contributed by atoms with E-state index in [0.717, 1.165) is 34.4 Å². The van der Waals surface area contributed by atoms with Gasteiger partial charge < -0.3 is 4.57 Å². The predicted octanol–water partition coefficient (Wildman–Crippen LogP) is 3.05. The molecule has 17 heavy (non-hydrogen) atoms. The van der Waals surface area contributed by atoms with Crippen molar-refractivity contribution in [1.82, 2.24) is 9.55 Å². The fraction of sp³-hybridized carbons (Fsp3) is 0.286. The molecule has 0 spiro atoms. The molecule has 0 saturated carbocycles. The quantitative estimate of drug-likeness (QED) is 0.741. The Hall–Kier alpha value is -1.90. The molecule has 1 aromatic heterocycles. The maximum atomic E-state index is 4.40. The van der Waals surface area contributed by atoms with Gasteiger partial charge in [0, 0.05) is 19.2 Å². The second-order valence-electron chi connectivity index (χ2n) is 4.09. The summed E-state index contributed by atoms with van der Waals surface area (Å²) in [5, 5.41) is 0. The molecule has 3 heteroatoms. The Morgan fingerprint density at radius 2 is 2.24 bits per heavy atom. The maximum Gasteiger partial charge on any atom is 0.0958 e. The Labute approximate surface area is 102 Å². The fourth-order valence-electron chi connectivity index (χ4n) is 2.03. The third-order valence-corrected chi connectivity index (χ3v) is 2.86. The van der Waals surface area contributed by atoms with Crippen molar-refractivity contribution >= 4 is 16.7 Å². The molecule has 0 saturated heterocycles. The zero-order valence-electron chi connectivity index (χ0n) is 10.6. The first-order chi connectivity index (χ1) is 8.17. The molecule has 1 heterocycles. The molecule has 0 radical (unpaired) electrons. The van der Waals surface area contributed by atoms with Gasteiger partial charge in [-0.15, -0.1) is 0 Å². The summed E-state index contributed by atoms with van der Waals surface area (Å²) in [7, 11) is 1.79. The van der Waals surface area contributed by atoms with Gasteiger partial charge in [-0.1, -0.05) is 12.6 Å². The Bertz CT molecular complexity index is 591. The van der Waals surface area contributed by atoms with Gasteiger partial charge in [0.15, 0.2) is 0 Å². The molecule has 0 fully saturated rings. The van der Waals surface area contributed by atoms with E-state index in [4.69, 9.17) is 0 Å². The topological polar surface area (TPSA) is 30.2 Å². The number of rotatable bonds is 3. The van der Waals surface area contributed by atoms with Gasteiger partial charge in [-0.3, -0.25) is 4.99 Å². The molecular weight excluding hydrogens is 210 g/mol. The molecule has 3 nitrogen and oxygen atoms in total. The SMILES string of the molecule is C=C(C)C(=NC)c1ccc2c(c1)ncn2CC. The van der Waals surface area contributed by atoms with Crippen LogP contribution < -0.4 is 0 Å². The molecular formula is C14H17N3. The summed E-state index contributed by atoms with van der Waals surface area (Å²) in [4.78, 5) is 8.68. The van der Waals surface area contributed by atoms with Crippen molar-refractivity contribution in [1.29, 1.82) is 0 Å². The van der Waals surface area contributed by atoms with Crippen molar-refractivity contribution in [2.45, 2.75) is 20.4 Å². The predicted molar refractivity (Wildman–Crippen MR) is 72.7 cm³/mol. The number of aromatic nitrogens is 2. The van der Waals surface area contributed by atoms with Gasteiger partial charge >= 0.3 is 0 Å². The number of hydrogen-bond donors (Lipinski definition) is 0. The zero-order chi connectivity index (χ0) is 12.4. The minimum atomic E-state index is 0.936. The van der Waals surface area contributed by atoms with Crippen LogP contribution in [0.2, 0.25) is 0 Å². The van der Waals surface area contributed by atoms with Gasteiger partial charge in [-0.25, -0.2) is 4.98 Å².